The SMILES string of the molecule is CCCCCCCCCC(=O)O.CN[C@@H](C)[C@H](O)c1ccccc1. The number of hydrogen-bond donors (Lipinski definition) is 3. The van der Waals surface area contributed by atoms with Gasteiger partial charge < -0.3 is 15.5 Å². The van der Waals surface area contributed by atoms with Gasteiger partial charge >= 0.3 is 5.97 Å². The van der Waals surface area contributed by atoms with Gasteiger partial charge in [0.05, 0.1) is 6.10 Å². The van der Waals surface area contributed by atoms with Crippen molar-refractivity contribution >= 4 is 5.97 Å². The molecule has 4 nitrogen and oxygen atoms in total. The summed E-state index contributed by atoms with van der Waals surface area (Å²) in [5, 5.41) is 21.1. The number of carboxylic acid groups (broad SMARTS) is 1. The maximum atomic E-state index is 10.1. The number of benzene rings is 1. The minimum Gasteiger partial charge on any atom is -0.481 e. The molecule has 138 valence electrons. The van der Waals surface area contributed by atoms with Crippen LogP contribution in [-0.2, 0) is 4.79 Å². The average Bonchev–Trinajstić information content (AvgIpc) is 2.60. The molecule has 0 radical (unpaired) electrons. The van der Waals surface area contributed by atoms with E-state index in [1.165, 1.54) is 32.1 Å². The van der Waals surface area contributed by atoms with Gasteiger partial charge in [0.25, 0.3) is 0 Å². The number of carboxylic acids is 1. The van der Waals surface area contributed by atoms with Crippen LogP contribution in [0.2, 0.25) is 0 Å². The fourth-order valence-corrected chi connectivity index (χ4v) is 2.33. The number of rotatable bonds is 11. The topological polar surface area (TPSA) is 69.6 Å². The zero-order valence-electron chi connectivity index (χ0n) is 15.5. The molecule has 0 saturated carbocycles. The Balaban J connectivity index is 0.000000441. The van der Waals surface area contributed by atoms with E-state index in [2.05, 4.69) is 12.2 Å². The van der Waals surface area contributed by atoms with Gasteiger partial charge in [-0.25, -0.2) is 0 Å². The van der Waals surface area contributed by atoms with Crippen molar-refractivity contribution in [2.24, 2.45) is 0 Å². The van der Waals surface area contributed by atoms with E-state index in [0.29, 0.717) is 6.42 Å². The molecule has 0 saturated heterocycles. The fraction of sp³-hybridized carbons (Fsp3) is 0.650. The van der Waals surface area contributed by atoms with Crippen LogP contribution < -0.4 is 5.32 Å². The Hall–Kier alpha value is -1.39. The van der Waals surface area contributed by atoms with Gasteiger partial charge in [-0.15, -0.1) is 0 Å². The van der Waals surface area contributed by atoms with E-state index in [0.717, 1.165) is 18.4 Å². The van der Waals surface area contributed by atoms with Crippen molar-refractivity contribution in [3.8, 4) is 0 Å². The van der Waals surface area contributed by atoms with Crippen LogP contribution in [0.1, 0.15) is 76.9 Å². The molecule has 1 rings (SSSR count). The first kappa shape index (κ1) is 22.6. The minimum atomic E-state index is -0.663. The van der Waals surface area contributed by atoms with Crippen molar-refractivity contribution in [2.45, 2.75) is 77.4 Å². The van der Waals surface area contributed by atoms with E-state index in [1.54, 1.807) is 0 Å². The second-order valence-electron chi connectivity index (χ2n) is 6.20. The summed E-state index contributed by atoms with van der Waals surface area (Å²) in [6, 6.07) is 9.76. The predicted octanol–water partition coefficient (Wildman–Crippen LogP) is 4.54. The van der Waals surface area contributed by atoms with Crippen molar-refractivity contribution in [1.82, 2.24) is 5.32 Å². The molecule has 0 unspecified atom stereocenters. The molecule has 0 aliphatic rings. The number of carbonyl (C=O) groups is 1. The molecule has 0 bridgehead atoms. The summed E-state index contributed by atoms with van der Waals surface area (Å²) in [7, 11) is 1.84. The number of unbranched alkanes of at least 4 members (excludes halogenated alkanes) is 6. The molecule has 0 amide bonds. The molecule has 0 aromatic heterocycles. The first-order chi connectivity index (χ1) is 11.5. The highest BCUT2D eigenvalue weighted by molar-refractivity contribution is 5.66. The van der Waals surface area contributed by atoms with Gasteiger partial charge in [0.15, 0.2) is 0 Å². The molecule has 1 aromatic rings. The van der Waals surface area contributed by atoms with E-state index < -0.39 is 12.1 Å². The molecule has 0 aliphatic carbocycles. The number of hydrogen-bond acceptors (Lipinski definition) is 3. The van der Waals surface area contributed by atoms with Crippen LogP contribution in [0, 0.1) is 0 Å². The third kappa shape index (κ3) is 12.1. The van der Waals surface area contributed by atoms with E-state index in [1.807, 2.05) is 44.3 Å². The highest BCUT2D eigenvalue weighted by Crippen LogP contribution is 2.15. The maximum Gasteiger partial charge on any atom is 0.303 e. The third-order valence-corrected chi connectivity index (χ3v) is 4.06. The highest BCUT2D eigenvalue weighted by Gasteiger charge is 2.12. The Morgan fingerprint density at radius 3 is 2.08 bits per heavy atom. The second kappa shape index (κ2) is 15.2. The van der Waals surface area contributed by atoms with Crippen LogP contribution in [-0.4, -0.2) is 29.3 Å². The summed E-state index contributed by atoms with van der Waals surface area (Å²) in [4.78, 5) is 10.1. The first-order valence-electron chi connectivity index (χ1n) is 9.15. The molecule has 0 fully saturated rings. The molecule has 2 atom stereocenters. The fourth-order valence-electron chi connectivity index (χ4n) is 2.33. The van der Waals surface area contributed by atoms with Crippen LogP contribution in [0.15, 0.2) is 30.3 Å². The van der Waals surface area contributed by atoms with Crippen molar-refractivity contribution in [3.63, 3.8) is 0 Å². The largest absolute Gasteiger partial charge is 0.481 e. The molecular weight excluding hydrogens is 302 g/mol. The highest BCUT2D eigenvalue weighted by atomic mass is 16.4. The molecular formula is C20H35NO3. The summed E-state index contributed by atoms with van der Waals surface area (Å²) in [5.41, 5.74) is 0.958. The molecule has 4 heteroatoms. The second-order valence-corrected chi connectivity index (χ2v) is 6.20. The molecule has 0 spiro atoms. The summed E-state index contributed by atoms with van der Waals surface area (Å²) < 4.78 is 0. The lowest BCUT2D eigenvalue weighted by Gasteiger charge is -2.17. The number of aliphatic hydroxyl groups excluding tert-OH is 1. The van der Waals surface area contributed by atoms with E-state index in [9.17, 15) is 9.90 Å². The van der Waals surface area contributed by atoms with E-state index in [4.69, 9.17) is 5.11 Å². The Bertz CT molecular complexity index is 409. The number of nitrogens with one attached hydrogen (secondary N) is 1. The summed E-state index contributed by atoms with van der Waals surface area (Å²) in [6.07, 6.45) is 8.22. The van der Waals surface area contributed by atoms with Gasteiger partial charge in [-0.2, -0.15) is 0 Å². The lowest BCUT2D eigenvalue weighted by molar-refractivity contribution is -0.137. The van der Waals surface area contributed by atoms with Gasteiger partial charge in [-0.05, 0) is 26.0 Å². The Morgan fingerprint density at radius 1 is 1.04 bits per heavy atom. The summed E-state index contributed by atoms with van der Waals surface area (Å²) >= 11 is 0. The van der Waals surface area contributed by atoms with Crippen LogP contribution in [0.5, 0.6) is 0 Å². The van der Waals surface area contributed by atoms with Gasteiger partial charge in [-0.3, -0.25) is 4.79 Å². The van der Waals surface area contributed by atoms with E-state index in [-0.39, 0.29) is 6.04 Å². The minimum absolute atomic E-state index is 0.0902. The zero-order valence-corrected chi connectivity index (χ0v) is 15.5. The quantitative estimate of drug-likeness (QED) is 0.519. The van der Waals surface area contributed by atoms with Crippen molar-refractivity contribution in [3.05, 3.63) is 35.9 Å². The molecule has 24 heavy (non-hydrogen) atoms. The molecule has 0 aliphatic heterocycles. The summed E-state index contributed by atoms with van der Waals surface area (Å²) in [6.45, 7) is 4.15. The van der Waals surface area contributed by atoms with Gasteiger partial charge in [0.1, 0.15) is 0 Å². The lowest BCUT2D eigenvalue weighted by atomic mass is 10.0. The van der Waals surface area contributed by atoms with Crippen molar-refractivity contribution in [2.75, 3.05) is 7.05 Å². The van der Waals surface area contributed by atoms with E-state index >= 15 is 0 Å². The normalized spacial score (nSPS) is 12.8. The predicted molar refractivity (Wildman–Crippen MR) is 100 cm³/mol. The van der Waals surface area contributed by atoms with Crippen LogP contribution in [0.4, 0.5) is 0 Å². The molecule has 3 N–H and O–H groups in total. The first-order valence-corrected chi connectivity index (χ1v) is 9.15. The molecule has 1 aromatic carbocycles. The van der Waals surface area contributed by atoms with Crippen LogP contribution in [0.3, 0.4) is 0 Å². The van der Waals surface area contributed by atoms with Crippen LogP contribution >= 0.6 is 0 Å². The lowest BCUT2D eigenvalue weighted by Crippen LogP contribution is -2.28. The Labute approximate surface area is 147 Å². The summed E-state index contributed by atoms with van der Waals surface area (Å²) in [5.74, 6) is -0.663. The maximum absolute atomic E-state index is 10.1. The van der Waals surface area contributed by atoms with Crippen molar-refractivity contribution in [1.29, 1.82) is 0 Å². The molecule has 0 heterocycles. The van der Waals surface area contributed by atoms with Gasteiger partial charge in [0, 0.05) is 12.5 Å². The monoisotopic (exact) mass is 337 g/mol. The standard InChI is InChI=1S/C10H15NO.C10H20O2/c1-8(11-2)10(12)9-6-4-3-5-7-9;1-2-3-4-5-6-7-8-9-10(11)12/h3-8,10-12H,1-2H3;2-9H2,1H3,(H,11,12)/t8-,10-;/m0./s1. The van der Waals surface area contributed by atoms with Crippen molar-refractivity contribution < 1.29 is 15.0 Å². The van der Waals surface area contributed by atoms with Crippen LogP contribution in [0.25, 0.3) is 0 Å². The zero-order chi connectivity index (χ0) is 18.2. The average molecular weight is 338 g/mol. The number of aliphatic hydroxyl groups is 1. The Kier molecular flexibility index (Phi) is 14.3. The smallest absolute Gasteiger partial charge is 0.303 e. The van der Waals surface area contributed by atoms with Gasteiger partial charge in [-0.1, -0.05) is 75.8 Å². The number of likely N-dealkylation sites (N-methyl/N-ethyl adjacent to an activating group) is 1. The Morgan fingerprint density at radius 2 is 1.58 bits per heavy atom. The third-order valence-electron chi connectivity index (χ3n) is 4.06. The number of aliphatic carboxylic acids is 1. The van der Waals surface area contributed by atoms with Gasteiger partial charge in [0.2, 0.25) is 0 Å².